The molecule has 1 unspecified atom stereocenters. The largest absolute Gasteiger partial charge is 0.443 e. The van der Waals surface area contributed by atoms with Gasteiger partial charge in [-0.1, -0.05) is 0 Å². The molecule has 0 spiro atoms. The smallest absolute Gasteiger partial charge is 0.275 e. The molecule has 0 radical (unpaired) electrons. The summed E-state index contributed by atoms with van der Waals surface area (Å²) in [6.07, 6.45) is 1.91. The Morgan fingerprint density at radius 3 is 2.75 bits per heavy atom. The standard InChI is InChI=1S/C22H21F2N3O4S/c23-16-6-14(9-25-19(29)8-13-3-5-32-12-13)7-17(24)20(16)21-26-18(11-31-21)22(30)27-4-1-2-15(28)10-27/h3,5-7,11-12,15,28H,1-2,4,8-10H2,(H,25,29). The first-order valence-corrected chi connectivity index (χ1v) is 11.0. The highest BCUT2D eigenvalue weighted by atomic mass is 32.1. The van der Waals surface area contributed by atoms with E-state index in [2.05, 4.69) is 10.3 Å². The van der Waals surface area contributed by atoms with Crippen molar-refractivity contribution in [3.8, 4) is 11.5 Å². The Morgan fingerprint density at radius 2 is 2.06 bits per heavy atom. The second-order valence-electron chi connectivity index (χ2n) is 7.60. The van der Waals surface area contributed by atoms with Crippen LogP contribution in [0.5, 0.6) is 0 Å². The predicted octanol–water partition coefficient (Wildman–Crippen LogP) is 3.14. The van der Waals surface area contributed by atoms with E-state index in [1.165, 1.54) is 16.2 Å². The lowest BCUT2D eigenvalue weighted by Crippen LogP contribution is -2.42. The number of piperidine rings is 1. The number of hydrogen-bond acceptors (Lipinski definition) is 6. The van der Waals surface area contributed by atoms with Crippen LogP contribution in [0.25, 0.3) is 11.5 Å². The van der Waals surface area contributed by atoms with Crippen LogP contribution in [0.1, 0.15) is 34.5 Å². The number of amides is 2. The number of nitrogens with zero attached hydrogens (tertiary/aromatic N) is 2. The van der Waals surface area contributed by atoms with Gasteiger partial charge in [0.05, 0.1) is 12.5 Å². The number of thiophene rings is 1. The van der Waals surface area contributed by atoms with E-state index in [9.17, 15) is 23.5 Å². The third-order valence-electron chi connectivity index (χ3n) is 5.16. The molecule has 0 bridgehead atoms. The van der Waals surface area contributed by atoms with Gasteiger partial charge < -0.3 is 19.7 Å². The first-order valence-electron chi connectivity index (χ1n) is 10.1. The molecule has 1 saturated heterocycles. The van der Waals surface area contributed by atoms with Gasteiger partial charge >= 0.3 is 0 Å². The van der Waals surface area contributed by atoms with Crippen molar-refractivity contribution in [2.45, 2.75) is 31.9 Å². The molecular weight excluding hydrogens is 440 g/mol. The topological polar surface area (TPSA) is 95.7 Å². The Morgan fingerprint density at radius 1 is 1.28 bits per heavy atom. The molecule has 32 heavy (non-hydrogen) atoms. The van der Waals surface area contributed by atoms with Gasteiger partial charge in [-0.15, -0.1) is 0 Å². The summed E-state index contributed by atoms with van der Waals surface area (Å²) < 4.78 is 34.5. The number of likely N-dealkylation sites (tertiary alicyclic amines) is 1. The third-order valence-corrected chi connectivity index (χ3v) is 5.89. The number of aromatic nitrogens is 1. The van der Waals surface area contributed by atoms with E-state index in [0.717, 1.165) is 24.0 Å². The van der Waals surface area contributed by atoms with Gasteiger partial charge in [-0.3, -0.25) is 9.59 Å². The molecular formula is C22H21F2N3O4S. The van der Waals surface area contributed by atoms with Gasteiger partial charge in [0, 0.05) is 19.6 Å². The van der Waals surface area contributed by atoms with Gasteiger partial charge in [0.2, 0.25) is 11.8 Å². The first kappa shape index (κ1) is 22.1. The van der Waals surface area contributed by atoms with E-state index < -0.39 is 29.2 Å². The molecule has 0 saturated carbocycles. The van der Waals surface area contributed by atoms with Crippen LogP contribution in [0.15, 0.2) is 39.6 Å². The lowest BCUT2D eigenvalue weighted by molar-refractivity contribution is -0.120. The quantitative estimate of drug-likeness (QED) is 0.588. The van der Waals surface area contributed by atoms with E-state index in [1.807, 2.05) is 16.8 Å². The van der Waals surface area contributed by atoms with Gasteiger partial charge in [0.25, 0.3) is 5.91 Å². The fourth-order valence-electron chi connectivity index (χ4n) is 3.56. The minimum absolute atomic E-state index is 0.0380. The normalized spacial score (nSPS) is 16.2. The highest BCUT2D eigenvalue weighted by molar-refractivity contribution is 7.08. The van der Waals surface area contributed by atoms with Crippen LogP contribution in [0.4, 0.5) is 8.78 Å². The molecule has 10 heteroatoms. The summed E-state index contributed by atoms with van der Waals surface area (Å²) in [5.74, 6) is -2.91. The average molecular weight is 461 g/mol. The number of aliphatic hydroxyl groups excluding tert-OH is 1. The summed E-state index contributed by atoms with van der Waals surface area (Å²) in [6.45, 7) is 0.605. The predicted molar refractivity (Wildman–Crippen MR) is 113 cm³/mol. The van der Waals surface area contributed by atoms with Gasteiger partial charge in [-0.25, -0.2) is 13.8 Å². The van der Waals surface area contributed by atoms with Crippen molar-refractivity contribution in [3.05, 3.63) is 63.7 Å². The van der Waals surface area contributed by atoms with Crippen LogP contribution in [0.3, 0.4) is 0 Å². The number of carbonyl (C=O) groups excluding carboxylic acids is 2. The molecule has 7 nitrogen and oxygen atoms in total. The van der Waals surface area contributed by atoms with Crippen LogP contribution < -0.4 is 5.32 Å². The Balaban J connectivity index is 1.44. The van der Waals surface area contributed by atoms with Gasteiger partial charge in [-0.2, -0.15) is 11.3 Å². The van der Waals surface area contributed by atoms with Crippen LogP contribution >= 0.6 is 11.3 Å². The highest BCUT2D eigenvalue weighted by Gasteiger charge is 2.27. The van der Waals surface area contributed by atoms with Crippen molar-refractivity contribution in [1.82, 2.24) is 15.2 Å². The van der Waals surface area contributed by atoms with Crippen molar-refractivity contribution in [2.24, 2.45) is 0 Å². The van der Waals surface area contributed by atoms with Gasteiger partial charge in [0.15, 0.2) is 5.69 Å². The Labute approximate surface area is 186 Å². The monoisotopic (exact) mass is 461 g/mol. The van der Waals surface area contributed by atoms with Crippen molar-refractivity contribution in [2.75, 3.05) is 13.1 Å². The number of rotatable bonds is 6. The van der Waals surface area contributed by atoms with Gasteiger partial charge in [0.1, 0.15) is 23.5 Å². The maximum atomic E-state index is 14.7. The zero-order valence-corrected chi connectivity index (χ0v) is 17.8. The Bertz CT molecular complexity index is 1090. The van der Waals surface area contributed by atoms with E-state index in [-0.39, 0.29) is 42.6 Å². The van der Waals surface area contributed by atoms with Crippen LogP contribution in [0, 0.1) is 11.6 Å². The molecule has 168 valence electrons. The van der Waals surface area contributed by atoms with Crippen LogP contribution in [0.2, 0.25) is 0 Å². The second-order valence-corrected chi connectivity index (χ2v) is 8.38. The van der Waals surface area contributed by atoms with Crippen molar-refractivity contribution in [1.29, 1.82) is 0 Å². The summed E-state index contributed by atoms with van der Waals surface area (Å²) in [5.41, 5.74) is 0.537. The molecule has 3 aromatic rings. The van der Waals surface area contributed by atoms with Crippen LogP contribution in [-0.4, -0.2) is 46.0 Å². The molecule has 4 rings (SSSR count). The van der Waals surface area contributed by atoms with Crippen molar-refractivity contribution >= 4 is 23.2 Å². The SMILES string of the molecule is O=C(Cc1ccsc1)NCc1cc(F)c(-c2nc(C(=O)N3CCCC(O)C3)co2)c(F)c1. The molecule has 1 atom stereocenters. The third kappa shape index (κ3) is 5.03. The molecule has 1 aliphatic heterocycles. The molecule has 2 N–H and O–H groups in total. The Hall–Kier alpha value is -3.11. The zero-order chi connectivity index (χ0) is 22.7. The Kier molecular flexibility index (Phi) is 6.61. The number of benzene rings is 1. The van der Waals surface area contributed by atoms with Crippen molar-refractivity contribution in [3.63, 3.8) is 0 Å². The minimum Gasteiger partial charge on any atom is -0.443 e. The van der Waals surface area contributed by atoms with E-state index in [1.54, 1.807) is 0 Å². The fourth-order valence-corrected chi connectivity index (χ4v) is 4.23. The fraction of sp³-hybridized carbons (Fsp3) is 0.318. The molecule has 3 heterocycles. The second kappa shape index (κ2) is 9.58. The summed E-state index contributed by atoms with van der Waals surface area (Å²) in [6, 6.07) is 4.02. The summed E-state index contributed by atoms with van der Waals surface area (Å²) in [5, 5.41) is 16.1. The number of halogens is 2. The first-order chi connectivity index (χ1) is 15.4. The molecule has 1 aromatic carbocycles. The van der Waals surface area contributed by atoms with E-state index >= 15 is 0 Å². The number of carbonyl (C=O) groups is 2. The summed E-state index contributed by atoms with van der Waals surface area (Å²) in [4.78, 5) is 29.9. The van der Waals surface area contributed by atoms with Crippen molar-refractivity contribution < 1.29 is 27.9 Å². The molecule has 0 aliphatic carbocycles. The summed E-state index contributed by atoms with van der Waals surface area (Å²) >= 11 is 1.48. The highest BCUT2D eigenvalue weighted by Crippen LogP contribution is 2.27. The number of hydrogen-bond donors (Lipinski definition) is 2. The molecule has 2 amide bonds. The molecule has 1 aliphatic rings. The molecule has 1 fully saturated rings. The lowest BCUT2D eigenvalue weighted by atomic mass is 10.1. The van der Waals surface area contributed by atoms with Crippen LogP contribution in [-0.2, 0) is 17.8 Å². The average Bonchev–Trinajstić information content (AvgIpc) is 3.44. The van der Waals surface area contributed by atoms with E-state index in [4.69, 9.17) is 4.42 Å². The van der Waals surface area contributed by atoms with Gasteiger partial charge in [-0.05, 0) is 52.9 Å². The van der Waals surface area contributed by atoms with E-state index in [0.29, 0.717) is 19.4 Å². The maximum absolute atomic E-state index is 14.7. The zero-order valence-electron chi connectivity index (χ0n) is 17.0. The lowest BCUT2D eigenvalue weighted by Gasteiger charge is -2.29. The number of oxazole rings is 1. The maximum Gasteiger partial charge on any atom is 0.275 e. The number of β-amino-alcohol motifs (C(OH)–C–C–N with tert-alkyl or cyclic N) is 1. The number of aliphatic hydroxyl groups is 1. The summed E-state index contributed by atoms with van der Waals surface area (Å²) in [7, 11) is 0. The molecule has 2 aromatic heterocycles. The number of nitrogens with one attached hydrogen (secondary N) is 1. The minimum atomic E-state index is -0.915.